The summed E-state index contributed by atoms with van der Waals surface area (Å²) in [4.78, 5) is 11.7. The second kappa shape index (κ2) is 6.40. The summed E-state index contributed by atoms with van der Waals surface area (Å²) in [6, 6.07) is 0. The van der Waals surface area contributed by atoms with Gasteiger partial charge in [0.25, 0.3) is 0 Å². The van der Waals surface area contributed by atoms with Crippen molar-refractivity contribution in [2.45, 2.75) is 84.8 Å². The minimum Gasteiger partial charge on any atom is -0.462 e. The van der Waals surface area contributed by atoms with Gasteiger partial charge < -0.3 is 9.84 Å². The first-order chi connectivity index (χ1) is 11.6. The Labute approximate surface area is 153 Å². The van der Waals surface area contributed by atoms with E-state index in [0.717, 1.165) is 25.2 Å². The largest absolute Gasteiger partial charge is 0.462 e. The fourth-order valence-corrected chi connectivity index (χ4v) is 6.81. The predicted octanol–water partition coefficient (Wildman–Crippen LogP) is 4.73. The van der Waals surface area contributed by atoms with Gasteiger partial charge in [0.05, 0.1) is 5.60 Å². The van der Waals surface area contributed by atoms with Crippen molar-refractivity contribution in [3.63, 3.8) is 0 Å². The van der Waals surface area contributed by atoms with Gasteiger partial charge in [-0.1, -0.05) is 32.9 Å². The predicted molar refractivity (Wildman–Crippen MR) is 99.9 cm³/mol. The molecule has 142 valence electrons. The highest BCUT2D eigenvalue weighted by Gasteiger charge is 2.59. The second-order valence-corrected chi connectivity index (χ2v) is 9.80. The maximum absolute atomic E-state index is 11.7. The highest BCUT2D eigenvalue weighted by atomic mass is 16.5. The molecule has 7 atom stereocenters. The fraction of sp³-hybridized carbons (Fsp3) is 0.864. The van der Waals surface area contributed by atoms with Crippen molar-refractivity contribution >= 4 is 5.97 Å². The Morgan fingerprint density at radius 1 is 1.20 bits per heavy atom. The lowest BCUT2D eigenvalue weighted by atomic mass is 9.55. The minimum absolute atomic E-state index is 0.0130. The van der Waals surface area contributed by atoms with E-state index in [2.05, 4.69) is 27.4 Å². The maximum Gasteiger partial charge on any atom is 0.302 e. The molecule has 1 N–H and O–H groups in total. The van der Waals surface area contributed by atoms with Crippen LogP contribution in [-0.4, -0.2) is 22.8 Å². The van der Waals surface area contributed by atoms with Crippen molar-refractivity contribution in [1.29, 1.82) is 0 Å². The summed E-state index contributed by atoms with van der Waals surface area (Å²) >= 11 is 0. The van der Waals surface area contributed by atoms with Gasteiger partial charge in [-0.05, 0) is 69.1 Å². The molecular formula is C22H36O3. The van der Waals surface area contributed by atoms with Crippen LogP contribution in [0.15, 0.2) is 12.2 Å². The molecule has 0 aromatic heterocycles. The Hall–Kier alpha value is -0.830. The van der Waals surface area contributed by atoms with E-state index >= 15 is 0 Å². The van der Waals surface area contributed by atoms with Crippen LogP contribution in [0.2, 0.25) is 0 Å². The average Bonchev–Trinajstić information content (AvgIpc) is 2.87. The summed E-state index contributed by atoms with van der Waals surface area (Å²) in [7, 11) is 0. The van der Waals surface area contributed by atoms with Gasteiger partial charge in [0.1, 0.15) is 6.10 Å². The van der Waals surface area contributed by atoms with Crippen LogP contribution in [0, 0.1) is 35.0 Å². The third kappa shape index (κ3) is 3.07. The Balaban J connectivity index is 1.99. The van der Waals surface area contributed by atoms with Crippen molar-refractivity contribution in [3.8, 4) is 0 Å². The molecule has 0 amide bonds. The first-order valence-electron chi connectivity index (χ1n) is 10.2. The van der Waals surface area contributed by atoms with Crippen LogP contribution < -0.4 is 0 Å². The van der Waals surface area contributed by atoms with Crippen molar-refractivity contribution in [1.82, 2.24) is 0 Å². The number of aliphatic hydroxyl groups is 1. The van der Waals surface area contributed by atoms with Crippen LogP contribution in [0.5, 0.6) is 0 Å². The lowest BCUT2D eigenvalue weighted by molar-refractivity contribution is -0.178. The molecule has 0 radical (unpaired) electrons. The third-order valence-electron chi connectivity index (χ3n) is 7.84. The molecule has 3 aliphatic rings. The zero-order chi connectivity index (χ0) is 18.6. The number of fused-ring (bicyclic) bond motifs is 2. The summed E-state index contributed by atoms with van der Waals surface area (Å²) in [5.41, 5.74) is 0.263. The number of rotatable bonds is 2. The summed E-state index contributed by atoms with van der Waals surface area (Å²) in [5, 5.41) is 11.3. The smallest absolute Gasteiger partial charge is 0.302 e. The number of esters is 1. The molecule has 3 heteroatoms. The lowest BCUT2D eigenvalue weighted by Crippen LogP contribution is -2.56. The van der Waals surface area contributed by atoms with Crippen LogP contribution in [0.25, 0.3) is 0 Å². The van der Waals surface area contributed by atoms with Gasteiger partial charge >= 0.3 is 5.97 Å². The number of hydrogen-bond acceptors (Lipinski definition) is 3. The quantitative estimate of drug-likeness (QED) is 0.579. The molecule has 0 heterocycles. The molecule has 3 saturated carbocycles. The van der Waals surface area contributed by atoms with Gasteiger partial charge in [-0.25, -0.2) is 0 Å². The standard InChI is InChI=1S/C22H36O3/c1-13(2)16-7-8-17-14(3)20-21(5,11-9-18(16)17)19(25-15(4)23)10-12-22(20,6)24/h13,16-20,24H,3,7-12H2,1-2,4-6H3/t16-,17+,18+,19-,20-,21+,22+/m1/s1. The SMILES string of the molecule is C=C1[C@@H]2[C@@](C)(CC[C@H]3[C@@H](C(C)C)CC[C@@H]13)[C@H](OC(C)=O)CC[C@]2(C)O. The molecule has 3 nitrogen and oxygen atoms in total. The Bertz CT molecular complexity index is 549. The molecule has 0 aromatic carbocycles. The van der Waals surface area contributed by atoms with E-state index in [1.54, 1.807) is 0 Å². The zero-order valence-electron chi connectivity index (χ0n) is 16.7. The first kappa shape index (κ1) is 18.9. The van der Waals surface area contributed by atoms with Gasteiger partial charge in [0.2, 0.25) is 0 Å². The summed E-state index contributed by atoms with van der Waals surface area (Å²) < 4.78 is 5.77. The van der Waals surface area contributed by atoms with Crippen molar-refractivity contribution in [2.24, 2.45) is 35.0 Å². The van der Waals surface area contributed by atoms with Gasteiger partial charge in [0.15, 0.2) is 0 Å². The molecular weight excluding hydrogens is 312 g/mol. The molecule has 0 bridgehead atoms. The second-order valence-electron chi connectivity index (χ2n) is 9.80. The van der Waals surface area contributed by atoms with Gasteiger partial charge in [-0.2, -0.15) is 0 Å². The molecule has 3 aliphatic carbocycles. The van der Waals surface area contributed by atoms with Gasteiger partial charge in [0, 0.05) is 18.3 Å². The van der Waals surface area contributed by atoms with Gasteiger partial charge in [-0.3, -0.25) is 4.79 Å². The van der Waals surface area contributed by atoms with Crippen molar-refractivity contribution in [2.75, 3.05) is 0 Å². The topological polar surface area (TPSA) is 46.5 Å². The molecule has 3 rings (SSSR count). The Morgan fingerprint density at radius 3 is 2.48 bits per heavy atom. The minimum atomic E-state index is -0.757. The highest BCUT2D eigenvalue weighted by Crippen LogP contribution is 2.61. The normalized spacial score (nSPS) is 47.2. The molecule has 0 unspecified atom stereocenters. The van der Waals surface area contributed by atoms with E-state index in [4.69, 9.17) is 4.74 Å². The highest BCUT2D eigenvalue weighted by molar-refractivity contribution is 5.66. The number of hydrogen-bond donors (Lipinski definition) is 1. The van der Waals surface area contributed by atoms with Gasteiger partial charge in [-0.15, -0.1) is 0 Å². The van der Waals surface area contributed by atoms with Crippen molar-refractivity contribution in [3.05, 3.63) is 12.2 Å². The van der Waals surface area contributed by atoms with E-state index in [9.17, 15) is 9.90 Å². The van der Waals surface area contributed by atoms with E-state index in [1.807, 2.05) is 6.92 Å². The molecule has 0 aromatic rings. The first-order valence-corrected chi connectivity index (χ1v) is 10.2. The number of carbonyl (C=O) groups excluding carboxylic acids is 1. The molecule has 0 aliphatic heterocycles. The summed E-state index contributed by atoms with van der Waals surface area (Å²) in [6.07, 6.45) is 5.97. The zero-order valence-corrected chi connectivity index (χ0v) is 16.7. The van der Waals surface area contributed by atoms with Crippen LogP contribution in [-0.2, 0) is 9.53 Å². The number of ether oxygens (including phenoxy) is 1. The fourth-order valence-electron chi connectivity index (χ4n) is 6.81. The van der Waals surface area contributed by atoms with E-state index < -0.39 is 5.60 Å². The van der Waals surface area contributed by atoms with Crippen LogP contribution in [0.1, 0.15) is 73.1 Å². The monoisotopic (exact) mass is 348 g/mol. The van der Waals surface area contributed by atoms with Crippen LogP contribution in [0.4, 0.5) is 0 Å². The number of carbonyl (C=O) groups is 1. The summed E-state index contributed by atoms with van der Waals surface area (Å²) in [6.45, 7) is 14.9. The molecule has 0 saturated heterocycles. The average molecular weight is 349 g/mol. The molecule has 3 fully saturated rings. The summed E-state index contributed by atoms with van der Waals surface area (Å²) in [5.74, 6) is 2.44. The molecule has 0 spiro atoms. The Kier molecular flexibility index (Phi) is 4.85. The molecule has 25 heavy (non-hydrogen) atoms. The van der Waals surface area contributed by atoms with Crippen LogP contribution >= 0.6 is 0 Å². The third-order valence-corrected chi connectivity index (χ3v) is 7.84. The van der Waals surface area contributed by atoms with Crippen molar-refractivity contribution < 1.29 is 14.6 Å². The lowest BCUT2D eigenvalue weighted by Gasteiger charge is -2.53. The van der Waals surface area contributed by atoms with E-state index in [1.165, 1.54) is 25.3 Å². The van der Waals surface area contributed by atoms with E-state index in [0.29, 0.717) is 24.2 Å². The maximum atomic E-state index is 11.7. The Morgan fingerprint density at radius 2 is 1.88 bits per heavy atom. The van der Waals surface area contributed by atoms with Crippen LogP contribution in [0.3, 0.4) is 0 Å². The van der Waals surface area contributed by atoms with E-state index in [-0.39, 0.29) is 23.4 Å².